The lowest BCUT2D eigenvalue weighted by atomic mass is 10.1. The molecule has 0 aliphatic carbocycles. The second-order valence-corrected chi connectivity index (χ2v) is 7.37. The Labute approximate surface area is 158 Å². The van der Waals surface area contributed by atoms with Crippen molar-refractivity contribution in [1.82, 2.24) is 19.9 Å². The maximum atomic E-state index is 4.88. The van der Waals surface area contributed by atoms with Crippen LogP contribution in [-0.2, 0) is 19.5 Å². The fourth-order valence-corrected chi connectivity index (χ4v) is 3.79. The molecule has 2 aromatic heterocycles. The van der Waals surface area contributed by atoms with Gasteiger partial charge in [-0.2, -0.15) is 0 Å². The van der Waals surface area contributed by atoms with Crippen LogP contribution in [0.1, 0.15) is 22.5 Å². The van der Waals surface area contributed by atoms with Gasteiger partial charge in [-0.15, -0.1) is 0 Å². The van der Waals surface area contributed by atoms with Crippen molar-refractivity contribution in [2.45, 2.75) is 26.4 Å². The number of hydrogen-bond donors (Lipinski definition) is 1. The van der Waals surface area contributed by atoms with Crippen LogP contribution in [0.5, 0.6) is 0 Å². The molecule has 4 heteroatoms. The molecule has 134 valence electrons. The normalized spacial score (nSPS) is 14.4. The first-order valence-electron chi connectivity index (χ1n) is 9.45. The molecular weight excluding hydrogens is 332 g/mol. The van der Waals surface area contributed by atoms with Crippen LogP contribution in [0.15, 0.2) is 60.8 Å². The molecule has 0 atom stereocenters. The molecule has 5 rings (SSSR count). The fraction of sp³-hybridized carbons (Fsp3) is 0.217. The van der Waals surface area contributed by atoms with Gasteiger partial charge in [-0.25, -0.2) is 9.97 Å². The van der Waals surface area contributed by atoms with Crippen LogP contribution in [0.2, 0.25) is 0 Å². The molecule has 0 saturated heterocycles. The molecule has 3 heterocycles. The summed E-state index contributed by atoms with van der Waals surface area (Å²) in [4.78, 5) is 15.5. The summed E-state index contributed by atoms with van der Waals surface area (Å²) in [6.07, 6.45) is 3.02. The number of aromatic amines is 1. The molecule has 27 heavy (non-hydrogen) atoms. The molecule has 0 spiro atoms. The minimum atomic E-state index is 0.821. The number of H-pyrrole nitrogens is 1. The molecular formula is C23H22N4. The zero-order chi connectivity index (χ0) is 18.2. The van der Waals surface area contributed by atoms with Gasteiger partial charge in [0.05, 0.1) is 5.69 Å². The summed E-state index contributed by atoms with van der Waals surface area (Å²) >= 11 is 0. The van der Waals surface area contributed by atoms with Crippen LogP contribution in [0.3, 0.4) is 0 Å². The van der Waals surface area contributed by atoms with Gasteiger partial charge in [-0.05, 0) is 36.4 Å². The zero-order valence-corrected chi connectivity index (χ0v) is 15.4. The van der Waals surface area contributed by atoms with Crippen molar-refractivity contribution < 1.29 is 0 Å². The minimum Gasteiger partial charge on any atom is -0.357 e. The van der Waals surface area contributed by atoms with Crippen LogP contribution in [-0.4, -0.2) is 26.4 Å². The molecule has 0 radical (unpaired) electrons. The minimum absolute atomic E-state index is 0.821. The van der Waals surface area contributed by atoms with Crippen LogP contribution < -0.4 is 0 Å². The lowest BCUT2D eigenvalue weighted by Gasteiger charge is -2.27. The van der Waals surface area contributed by atoms with Crippen LogP contribution in [0.25, 0.3) is 22.3 Å². The first-order chi connectivity index (χ1) is 13.2. The second kappa shape index (κ2) is 6.63. The third-order valence-corrected chi connectivity index (χ3v) is 5.31. The van der Waals surface area contributed by atoms with E-state index >= 15 is 0 Å². The average molecular weight is 354 g/mol. The van der Waals surface area contributed by atoms with E-state index in [-0.39, 0.29) is 0 Å². The van der Waals surface area contributed by atoms with Crippen LogP contribution >= 0.6 is 0 Å². The van der Waals surface area contributed by atoms with E-state index in [1.165, 1.54) is 27.7 Å². The maximum Gasteiger partial charge on any atom is 0.159 e. The number of para-hydroxylation sites is 1. The van der Waals surface area contributed by atoms with Gasteiger partial charge in [0.1, 0.15) is 0 Å². The van der Waals surface area contributed by atoms with Gasteiger partial charge >= 0.3 is 0 Å². The molecule has 1 aliphatic heterocycles. The topological polar surface area (TPSA) is 44.8 Å². The van der Waals surface area contributed by atoms with E-state index in [2.05, 4.69) is 76.4 Å². The molecule has 2 aromatic carbocycles. The predicted molar refractivity (Wildman–Crippen MR) is 108 cm³/mol. The first kappa shape index (κ1) is 16.2. The summed E-state index contributed by atoms with van der Waals surface area (Å²) < 4.78 is 0. The van der Waals surface area contributed by atoms with Crippen molar-refractivity contribution in [2.24, 2.45) is 0 Å². The van der Waals surface area contributed by atoms with E-state index < -0.39 is 0 Å². The molecule has 1 aliphatic rings. The van der Waals surface area contributed by atoms with E-state index in [1.807, 2.05) is 6.20 Å². The summed E-state index contributed by atoms with van der Waals surface area (Å²) in [5, 5.41) is 1.27. The monoisotopic (exact) mass is 354 g/mol. The van der Waals surface area contributed by atoms with Gasteiger partial charge in [0.15, 0.2) is 5.82 Å². The first-order valence-corrected chi connectivity index (χ1v) is 9.45. The highest BCUT2D eigenvalue weighted by Crippen LogP contribution is 2.23. The summed E-state index contributed by atoms with van der Waals surface area (Å²) in [5.74, 6) is 0.821. The van der Waals surface area contributed by atoms with Crippen LogP contribution in [0, 0.1) is 6.92 Å². The summed E-state index contributed by atoms with van der Waals surface area (Å²) in [6, 6.07) is 19.1. The Bertz CT molecular complexity index is 1060. The lowest BCUT2D eigenvalue weighted by Crippen LogP contribution is -2.31. The standard InChI is InChI=1S/C23H22N4/c1-16-6-8-17(9-7-16)23-24-13-19-10-11-27(15-22(19)26-23)14-20-12-18-4-2-3-5-21(18)25-20/h2-9,12-13,25H,10-11,14-15H2,1H3. The quantitative estimate of drug-likeness (QED) is 0.589. The molecule has 0 amide bonds. The molecule has 0 fully saturated rings. The average Bonchev–Trinajstić information content (AvgIpc) is 3.10. The fourth-order valence-electron chi connectivity index (χ4n) is 3.79. The van der Waals surface area contributed by atoms with E-state index in [0.717, 1.165) is 43.1 Å². The van der Waals surface area contributed by atoms with Crippen molar-refractivity contribution in [2.75, 3.05) is 6.54 Å². The van der Waals surface area contributed by atoms with Gasteiger partial charge < -0.3 is 4.98 Å². The van der Waals surface area contributed by atoms with Crippen molar-refractivity contribution in [1.29, 1.82) is 0 Å². The third-order valence-electron chi connectivity index (χ3n) is 5.31. The Morgan fingerprint density at radius 3 is 2.78 bits per heavy atom. The molecule has 0 saturated carbocycles. The third kappa shape index (κ3) is 3.24. The smallest absolute Gasteiger partial charge is 0.159 e. The zero-order valence-electron chi connectivity index (χ0n) is 15.4. The summed E-state index contributed by atoms with van der Waals surface area (Å²) in [6.45, 7) is 4.92. The highest BCUT2D eigenvalue weighted by Gasteiger charge is 2.19. The summed E-state index contributed by atoms with van der Waals surface area (Å²) in [5.41, 5.74) is 7.22. The molecule has 4 nitrogen and oxygen atoms in total. The van der Waals surface area contributed by atoms with E-state index in [1.54, 1.807) is 0 Å². The number of hydrogen-bond acceptors (Lipinski definition) is 3. The lowest BCUT2D eigenvalue weighted by molar-refractivity contribution is 0.239. The Morgan fingerprint density at radius 1 is 1.07 bits per heavy atom. The Kier molecular flexibility index (Phi) is 3.98. The number of rotatable bonds is 3. The second-order valence-electron chi connectivity index (χ2n) is 7.37. The molecule has 4 aromatic rings. The maximum absolute atomic E-state index is 4.88. The Balaban J connectivity index is 1.38. The van der Waals surface area contributed by atoms with Gasteiger partial charge in [0, 0.05) is 42.6 Å². The number of aromatic nitrogens is 3. The van der Waals surface area contributed by atoms with Gasteiger partial charge in [-0.3, -0.25) is 4.90 Å². The highest BCUT2D eigenvalue weighted by molar-refractivity contribution is 5.80. The van der Waals surface area contributed by atoms with Gasteiger partial charge in [0.25, 0.3) is 0 Å². The van der Waals surface area contributed by atoms with Crippen molar-refractivity contribution in [3.63, 3.8) is 0 Å². The molecule has 0 unspecified atom stereocenters. The largest absolute Gasteiger partial charge is 0.357 e. The SMILES string of the molecule is Cc1ccc(-c2ncc3c(n2)CN(Cc2cc4ccccc4[nH]2)CC3)cc1. The predicted octanol–water partition coefficient (Wildman–Crippen LogP) is 4.49. The molecule has 1 N–H and O–H groups in total. The number of fused-ring (bicyclic) bond motifs is 2. The highest BCUT2D eigenvalue weighted by atomic mass is 15.1. The Morgan fingerprint density at radius 2 is 1.93 bits per heavy atom. The van der Waals surface area contributed by atoms with Crippen molar-refractivity contribution in [3.8, 4) is 11.4 Å². The number of benzene rings is 2. The van der Waals surface area contributed by atoms with Crippen molar-refractivity contribution >= 4 is 10.9 Å². The number of nitrogens with zero attached hydrogens (tertiary/aromatic N) is 3. The van der Waals surface area contributed by atoms with Gasteiger partial charge in [0.2, 0.25) is 0 Å². The number of nitrogens with one attached hydrogen (secondary N) is 1. The number of aryl methyl sites for hydroxylation is 1. The Hall–Kier alpha value is -2.98. The van der Waals surface area contributed by atoms with E-state index in [0.29, 0.717) is 0 Å². The van der Waals surface area contributed by atoms with E-state index in [9.17, 15) is 0 Å². The van der Waals surface area contributed by atoms with E-state index in [4.69, 9.17) is 4.98 Å². The van der Waals surface area contributed by atoms with Gasteiger partial charge in [-0.1, -0.05) is 48.0 Å². The summed E-state index contributed by atoms with van der Waals surface area (Å²) in [7, 11) is 0. The van der Waals surface area contributed by atoms with Crippen LogP contribution in [0.4, 0.5) is 0 Å². The molecule has 0 bridgehead atoms. The van der Waals surface area contributed by atoms with Crippen molar-refractivity contribution in [3.05, 3.63) is 83.3 Å².